The second-order valence-corrected chi connectivity index (χ2v) is 7.82. The number of rotatable bonds is 4. The van der Waals surface area contributed by atoms with Crippen LogP contribution in [0.1, 0.15) is 38.5 Å². The molecule has 2 rings (SSSR count). The lowest BCUT2D eigenvalue weighted by Crippen LogP contribution is -2.25. The zero-order chi connectivity index (χ0) is 12.8. The van der Waals surface area contributed by atoms with E-state index in [2.05, 4.69) is 56.1 Å². The molecule has 0 aliphatic heterocycles. The Balaban J connectivity index is 1.95. The lowest BCUT2D eigenvalue weighted by Gasteiger charge is -2.30. The maximum absolute atomic E-state index is 3.77. The summed E-state index contributed by atoms with van der Waals surface area (Å²) in [5, 5.41) is 1.16. The lowest BCUT2D eigenvalue weighted by atomic mass is 9.85. The highest BCUT2D eigenvalue weighted by molar-refractivity contribution is 9.10. The second-order valence-electron chi connectivity index (χ2n) is 5.29. The van der Waals surface area contributed by atoms with Crippen molar-refractivity contribution in [2.24, 2.45) is 5.41 Å². The second kappa shape index (κ2) is 7.35. The van der Waals surface area contributed by atoms with E-state index in [0.717, 1.165) is 9.80 Å². The molecule has 0 saturated heterocycles. The third-order valence-corrected chi connectivity index (χ3v) is 6.89. The van der Waals surface area contributed by atoms with Gasteiger partial charge in [-0.15, -0.1) is 11.8 Å². The van der Waals surface area contributed by atoms with Gasteiger partial charge in [-0.2, -0.15) is 0 Å². The van der Waals surface area contributed by atoms with Crippen LogP contribution in [0.25, 0.3) is 0 Å². The van der Waals surface area contributed by atoms with Crippen molar-refractivity contribution in [2.45, 2.75) is 43.4 Å². The van der Waals surface area contributed by atoms with Gasteiger partial charge in [0.05, 0.1) is 0 Å². The van der Waals surface area contributed by atoms with Gasteiger partial charge in [-0.3, -0.25) is 0 Å². The van der Waals surface area contributed by atoms with Crippen molar-refractivity contribution in [3.8, 4) is 0 Å². The third-order valence-electron chi connectivity index (χ3n) is 3.81. The molecule has 0 atom stereocenters. The van der Waals surface area contributed by atoms with Crippen molar-refractivity contribution in [2.75, 3.05) is 11.1 Å². The molecule has 1 saturated carbocycles. The molecule has 0 aromatic heterocycles. The molecule has 0 N–H and O–H groups in total. The fourth-order valence-electron chi connectivity index (χ4n) is 2.56. The molecule has 1 aliphatic rings. The van der Waals surface area contributed by atoms with Crippen LogP contribution in [0.2, 0.25) is 0 Å². The fraction of sp³-hybridized carbons (Fsp3) is 0.600. The van der Waals surface area contributed by atoms with Crippen LogP contribution >= 0.6 is 43.6 Å². The van der Waals surface area contributed by atoms with Crippen LogP contribution in [0.5, 0.6) is 0 Å². The molecule has 0 amide bonds. The first-order valence-electron chi connectivity index (χ1n) is 6.68. The molecular weight excluding hydrogens is 372 g/mol. The zero-order valence-electron chi connectivity index (χ0n) is 10.6. The number of thioether (sulfide) groups is 1. The normalized spacial score (nSPS) is 19.4. The molecule has 0 bridgehead atoms. The van der Waals surface area contributed by atoms with Gasteiger partial charge < -0.3 is 0 Å². The van der Waals surface area contributed by atoms with Gasteiger partial charge in [-0.05, 0) is 42.5 Å². The van der Waals surface area contributed by atoms with E-state index in [4.69, 9.17) is 0 Å². The molecule has 0 nitrogen and oxygen atoms in total. The summed E-state index contributed by atoms with van der Waals surface area (Å²) in [6, 6.07) is 8.70. The van der Waals surface area contributed by atoms with Gasteiger partial charge >= 0.3 is 0 Å². The average Bonchev–Trinajstić information content (AvgIpc) is 2.64. The molecule has 0 radical (unpaired) electrons. The molecule has 1 aliphatic carbocycles. The number of hydrogen-bond acceptors (Lipinski definition) is 1. The Bertz CT molecular complexity index is 353. The van der Waals surface area contributed by atoms with Gasteiger partial charge in [0.1, 0.15) is 0 Å². The summed E-state index contributed by atoms with van der Waals surface area (Å²) < 4.78 is 1.16. The Morgan fingerprint density at radius 1 is 1.00 bits per heavy atom. The van der Waals surface area contributed by atoms with E-state index in [0.29, 0.717) is 5.41 Å². The van der Waals surface area contributed by atoms with Crippen LogP contribution < -0.4 is 0 Å². The summed E-state index contributed by atoms with van der Waals surface area (Å²) in [4.78, 5) is 1.39. The predicted molar refractivity (Wildman–Crippen MR) is 88.8 cm³/mol. The van der Waals surface area contributed by atoms with Gasteiger partial charge in [-0.25, -0.2) is 0 Å². The van der Waals surface area contributed by atoms with Crippen LogP contribution in [0.4, 0.5) is 0 Å². The number of hydrogen-bond donors (Lipinski definition) is 0. The first-order chi connectivity index (χ1) is 8.74. The van der Waals surface area contributed by atoms with Crippen molar-refractivity contribution in [3.05, 3.63) is 28.7 Å². The number of halogens is 2. The Kier molecular flexibility index (Phi) is 6.10. The maximum atomic E-state index is 3.77. The Morgan fingerprint density at radius 3 is 2.17 bits per heavy atom. The SMILES string of the molecule is BrCC1(CSc2ccc(Br)cc2)CCCCCC1. The number of benzene rings is 1. The van der Waals surface area contributed by atoms with E-state index in [-0.39, 0.29) is 0 Å². The maximum Gasteiger partial charge on any atom is 0.0176 e. The molecule has 0 spiro atoms. The summed E-state index contributed by atoms with van der Waals surface area (Å²) in [6.07, 6.45) is 8.46. The van der Waals surface area contributed by atoms with Crippen LogP contribution in [0, 0.1) is 5.41 Å². The van der Waals surface area contributed by atoms with Crippen molar-refractivity contribution in [1.29, 1.82) is 0 Å². The Labute approximate surface area is 132 Å². The predicted octanol–water partition coefficient (Wildman–Crippen LogP) is 6.28. The number of alkyl halides is 1. The Morgan fingerprint density at radius 2 is 1.61 bits per heavy atom. The van der Waals surface area contributed by atoms with E-state index in [1.54, 1.807) is 0 Å². The highest BCUT2D eigenvalue weighted by Crippen LogP contribution is 2.41. The average molecular weight is 392 g/mol. The summed E-state index contributed by atoms with van der Waals surface area (Å²) >= 11 is 9.28. The van der Waals surface area contributed by atoms with E-state index in [1.807, 2.05) is 11.8 Å². The zero-order valence-corrected chi connectivity index (χ0v) is 14.6. The highest BCUT2D eigenvalue weighted by atomic mass is 79.9. The molecule has 100 valence electrons. The lowest BCUT2D eigenvalue weighted by molar-refractivity contribution is 0.334. The van der Waals surface area contributed by atoms with E-state index >= 15 is 0 Å². The van der Waals surface area contributed by atoms with E-state index < -0.39 is 0 Å². The monoisotopic (exact) mass is 390 g/mol. The molecule has 3 heteroatoms. The van der Waals surface area contributed by atoms with Gasteiger partial charge in [0.15, 0.2) is 0 Å². The topological polar surface area (TPSA) is 0 Å². The van der Waals surface area contributed by atoms with Crippen LogP contribution in [-0.4, -0.2) is 11.1 Å². The third kappa shape index (κ3) is 4.28. The molecule has 0 heterocycles. The highest BCUT2D eigenvalue weighted by Gasteiger charge is 2.29. The van der Waals surface area contributed by atoms with Crippen LogP contribution in [0.15, 0.2) is 33.6 Å². The van der Waals surface area contributed by atoms with E-state index in [9.17, 15) is 0 Å². The van der Waals surface area contributed by atoms with Crippen LogP contribution in [0.3, 0.4) is 0 Å². The minimum absolute atomic E-state index is 0.522. The minimum Gasteiger partial charge on any atom is -0.126 e. The van der Waals surface area contributed by atoms with Crippen molar-refractivity contribution in [3.63, 3.8) is 0 Å². The van der Waals surface area contributed by atoms with Gasteiger partial charge in [0.25, 0.3) is 0 Å². The molecule has 1 fully saturated rings. The molecule has 1 aromatic rings. The molecular formula is C15H20Br2S. The van der Waals surface area contributed by atoms with Gasteiger partial charge in [-0.1, -0.05) is 57.5 Å². The standard InChI is InChI=1S/C15H20Br2S/c16-11-15(9-3-1-2-4-10-15)12-18-14-7-5-13(17)6-8-14/h5-8H,1-4,9-12H2. The summed E-state index contributed by atoms with van der Waals surface area (Å²) in [5.74, 6) is 1.25. The molecule has 1 aromatic carbocycles. The van der Waals surface area contributed by atoms with E-state index in [1.165, 1.54) is 49.2 Å². The van der Waals surface area contributed by atoms with Gasteiger partial charge in [0.2, 0.25) is 0 Å². The summed E-state index contributed by atoms with van der Waals surface area (Å²) in [6.45, 7) is 0. The largest absolute Gasteiger partial charge is 0.126 e. The van der Waals surface area contributed by atoms with Crippen LogP contribution in [-0.2, 0) is 0 Å². The van der Waals surface area contributed by atoms with Gasteiger partial charge in [0, 0.05) is 20.5 Å². The first-order valence-corrected chi connectivity index (χ1v) is 9.58. The quantitative estimate of drug-likeness (QED) is 0.330. The van der Waals surface area contributed by atoms with Crippen molar-refractivity contribution < 1.29 is 0 Å². The van der Waals surface area contributed by atoms with Crippen molar-refractivity contribution >= 4 is 43.6 Å². The minimum atomic E-state index is 0.522. The molecule has 0 unspecified atom stereocenters. The first kappa shape index (κ1) is 14.9. The smallest absolute Gasteiger partial charge is 0.0176 e. The summed E-state index contributed by atoms with van der Waals surface area (Å²) in [5.41, 5.74) is 0.522. The Hall–Kier alpha value is 0.530. The molecule has 18 heavy (non-hydrogen) atoms. The van der Waals surface area contributed by atoms with Crippen molar-refractivity contribution in [1.82, 2.24) is 0 Å². The fourth-order valence-corrected chi connectivity index (χ4v) is 5.04. The summed E-state index contributed by atoms with van der Waals surface area (Å²) in [7, 11) is 0.